The number of aliphatic hydroxyl groups is 2. The quantitative estimate of drug-likeness (QED) is 0.697. The Morgan fingerprint density at radius 3 is 2.44 bits per heavy atom. The molecule has 1 aromatic carbocycles. The summed E-state index contributed by atoms with van der Waals surface area (Å²) in [5.74, 6) is -1.35. The number of nitrogens with zero attached hydrogens (tertiary/aromatic N) is 1. The molecule has 3 rings (SSSR count). The van der Waals surface area contributed by atoms with Gasteiger partial charge in [-0.15, -0.1) is 0 Å². The molecule has 0 unspecified atom stereocenters. The number of amides is 1. The molecule has 2 heterocycles. The maximum Gasteiger partial charge on any atom is 0.314 e. The van der Waals surface area contributed by atoms with E-state index in [2.05, 4.69) is 0 Å². The number of carbonyl (C=O) groups excluding carboxylic acids is 1. The second-order valence-electron chi connectivity index (χ2n) is 7.71. The number of aliphatic carboxylic acids is 1. The molecule has 0 aromatic heterocycles. The third-order valence-electron chi connectivity index (χ3n) is 6.07. The van der Waals surface area contributed by atoms with Gasteiger partial charge in [-0.3, -0.25) is 9.59 Å². The van der Waals surface area contributed by atoms with Crippen molar-refractivity contribution in [3.8, 4) is 0 Å². The zero-order valence-corrected chi connectivity index (χ0v) is 15.3. The van der Waals surface area contributed by atoms with E-state index in [0.29, 0.717) is 26.1 Å². The molecule has 0 bridgehead atoms. The van der Waals surface area contributed by atoms with Crippen molar-refractivity contribution in [2.24, 2.45) is 10.8 Å². The van der Waals surface area contributed by atoms with Crippen LogP contribution in [0.2, 0.25) is 0 Å². The van der Waals surface area contributed by atoms with Crippen LogP contribution >= 0.6 is 0 Å². The van der Waals surface area contributed by atoms with E-state index in [1.807, 2.05) is 30.3 Å². The van der Waals surface area contributed by atoms with Crippen LogP contribution < -0.4 is 0 Å². The molecule has 27 heavy (non-hydrogen) atoms. The van der Waals surface area contributed by atoms with Crippen molar-refractivity contribution in [3.63, 3.8) is 0 Å². The van der Waals surface area contributed by atoms with Gasteiger partial charge < -0.3 is 25.0 Å². The average Bonchev–Trinajstić information content (AvgIpc) is 2.70. The molecule has 1 aromatic rings. The van der Waals surface area contributed by atoms with E-state index in [9.17, 15) is 24.9 Å². The lowest BCUT2D eigenvalue weighted by molar-refractivity contribution is -0.171. The molecule has 0 aliphatic carbocycles. The molecule has 0 spiro atoms. The fourth-order valence-electron chi connectivity index (χ4n) is 4.21. The second kappa shape index (κ2) is 7.96. The molecule has 3 N–H and O–H groups in total. The van der Waals surface area contributed by atoms with Crippen LogP contribution in [0.3, 0.4) is 0 Å². The number of aliphatic hydroxyl groups excluding tert-OH is 2. The number of benzene rings is 1. The zero-order chi connectivity index (χ0) is 19.5. The largest absolute Gasteiger partial charge is 0.481 e. The lowest BCUT2D eigenvalue weighted by Gasteiger charge is -2.47. The number of carbonyl (C=O) groups is 2. The van der Waals surface area contributed by atoms with Crippen molar-refractivity contribution in [2.75, 3.05) is 32.9 Å². The number of rotatable bonds is 5. The van der Waals surface area contributed by atoms with Gasteiger partial charge in [0.1, 0.15) is 5.41 Å². The first-order chi connectivity index (χ1) is 12.9. The first-order valence-electron chi connectivity index (χ1n) is 9.37. The van der Waals surface area contributed by atoms with Gasteiger partial charge in [0.05, 0.1) is 18.1 Å². The van der Waals surface area contributed by atoms with Gasteiger partial charge in [0, 0.05) is 26.3 Å². The summed E-state index contributed by atoms with van der Waals surface area (Å²) >= 11 is 0. The van der Waals surface area contributed by atoms with Crippen molar-refractivity contribution in [2.45, 2.75) is 31.8 Å². The van der Waals surface area contributed by atoms with Crippen molar-refractivity contribution in [1.82, 2.24) is 4.90 Å². The van der Waals surface area contributed by atoms with E-state index in [-0.39, 0.29) is 38.4 Å². The van der Waals surface area contributed by atoms with Gasteiger partial charge in [0.25, 0.3) is 0 Å². The van der Waals surface area contributed by atoms with Crippen LogP contribution in [0.25, 0.3) is 0 Å². The number of ether oxygens (including phenoxy) is 1. The van der Waals surface area contributed by atoms with Gasteiger partial charge in [-0.2, -0.15) is 0 Å². The standard InChI is InChI=1S/C20H27NO6/c22-14-19(7-10-27-11-8-19)17(24)21-9-6-16(23)20(13-21,18(25)26)12-15-4-2-1-3-5-15/h1-5,16,22-23H,6-14H2,(H,25,26)/t16-,20-/m1/s1. The van der Waals surface area contributed by atoms with Gasteiger partial charge in [0.15, 0.2) is 0 Å². The summed E-state index contributed by atoms with van der Waals surface area (Å²) in [6, 6.07) is 9.15. The maximum absolute atomic E-state index is 13.2. The average molecular weight is 377 g/mol. The predicted molar refractivity (Wildman–Crippen MR) is 97.0 cm³/mol. The van der Waals surface area contributed by atoms with Crippen LogP contribution in [0.4, 0.5) is 0 Å². The minimum Gasteiger partial charge on any atom is -0.481 e. The SMILES string of the molecule is O=C(N1CC[C@@H](O)[C@](Cc2ccccc2)(C(=O)O)C1)C1(CO)CCOCC1. The molecule has 2 aliphatic heterocycles. The third-order valence-corrected chi connectivity index (χ3v) is 6.07. The first kappa shape index (κ1) is 19.8. The molecule has 7 heteroatoms. The van der Waals surface area contributed by atoms with Crippen LogP contribution in [0.1, 0.15) is 24.8 Å². The molecule has 2 atom stereocenters. The predicted octanol–water partition coefficient (Wildman–Crippen LogP) is 0.682. The summed E-state index contributed by atoms with van der Waals surface area (Å²) in [4.78, 5) is 26.9. The highest BCUT2D eigenvalue weighted by Crippen LogP contribution is 2.39. The van der Waals surface area contributed by atoms with Gasteiger partial charge >= 0.3 is 5.97 Å². The minimum absolute atomic E-state index is 0.0696. The molecule has 2 aliphatic rings. The van der Waals surface area contributed by atoms with E-state index in [1.165, 1.54) is 4.90 Å². The molecule has 0 saturated carbocycles. The smallest absolute Gasteiger partial charge is 0.314 e. The minimum atomic E-state index is -1.46. The molecular weight excluding hydrogens is 350 g/mol. The zero-order valence-electron chi connectivity index (χ0n) is 15.3. The number of piperidine rings is 1. The summed E-state index contributed by atoms with van der Waals surface area (Å²) in [7, 11) is 0. The van der Waals surface area contributed by atoms with Crippen molar-refractivity contribution < 1.29 is 29.6 Å². The van der Waals surface area contributed by atoms with E-state index in [1.54, 1.807) is 0 Å². The lowest BCUT2D eigenvalue weighted by Crippen LogP contribution is -2.61. The molecule has 148 valence electrons. The Bertz CT molecular complexity index is 672. The summed E-state index contributed by atoms with van der Waals surface area (Å²) < 4.78 is 5.32. The molecule has 7 nitrogen and oxygen atoms in total. The Morgan fingerprint density at radius 2 is 1.85 bits per heavy atom. The summed E-state index contributed by atoms with van der Waals surface area (Å²) in [5.41, 5.74) is -1.58. The Hall–Kier alpha value is -1.96. The Balaban J connectivity index is 1.87. The molecule has 0 radical (unpaired) electrons. The summed E-state index contributed by atoms with van der Waals surface area (Å²) in [5, 5.41) is 30.5. The normalized spacial score (nSPS) is 27.9. The highest BCUT2D eigenvalue weighted by molar-refractivity contribution is 5.85. The van der Waals surface area contributed by atoms with Crippen LogP contribution in [-0.4, -0.2) is 71.1 Å². The monoisotopic (exact) mass is 377 g/mol. The first-order valence-corrected chi connectivity index (χ1v) is 9.37. The summed E-state index contributed by atoms with van der Waals surface area (Å²) in [6.45, 7) is 0.729. The van der Waals surface area contributed by atoms with Gasteiger partial charge in [-0.25, -0.2) is 0 Å². The van der Waals surface area contributed by atoms with Gasteiger partial charge in [-0.1, -0.05) is 30.3 Å². The molecule has 2 saturated heterocycles. The van der Waals surface area contributed by atoms with Crippen molar-refractivity contribution in [1.29, 1.82) is 0 Å². The van der Waals surface area contributed by atoms with Crippen LogP contribution in [-0.2, 0) is 20.7 Å². The Kier molecular flexibility index (Phi) is 5.83. The van der Waals surface area contributed by atoms with Gasteiger partial charge in [-0.05, 0) is 31.2 Å². The van der Waals surface area contributed by atoms with Crippen LogP contribution in [0.15, 0.2) is 30.3 Å². The topological polar surface area (TPSA) is 107 Å². The van der Waals surface area contributed by atoms with Crippen molar-refractivity contribution in [3.05, 3.63) is 35.9 Å². The maximum atomic E-state index is 13.2. The third kappa shape index (κ3) is 3.72. The van der Waals surface area contributed by atoms with Gasteiger partial charge in [0.2, 0.25) is 5.91 Å². The molecular formula is C20H27NO6. The second-order valence-corrected chi connectivity index (χ2v) is 7.71. The lowest BCUT2D eigenvalue weighted by atomic mass is 9.71. The Morgan fingerprint density at radius 1 is 1.19 bits per heavy atom. The number of carboxylic acid groups (broad SMARTS) is 1. The highest BCUT2D eigenvalue weighted by Gasteiger charge is 2.52. The number of likely N-dealkylation sites (tertiary alicyclic amines) is 1. The van der Waals surface area contributed by atoms with E-state index in [4.69, 9.17) is 4.74 Å². The number of carboxylic acids is 1. The highest BCUT2D eigenvalue weighted by atomic mass is 16.5. The molecule has 1 amide bonds. The van der Waals surface area contributed by atoms with Crippen LogP contribution in [0.5, 0.6) is 0 Å². The summed E-state index contributed by atoms with van der Waals surface area (Å²) in [6.07, 6.45) is 0.131. The van der Waals surface area contributed by atoms with Crippen LogP contribution in [0, 0.1) is 10.8 Å². The van der Waals surface area contributed by atoms with E-state index < -0.39 is 22.9 Å². The van der Waals surface area contributed by atoms with Crippen molar-refractivity contribution >= 4 is 11.9 Å². The van der Waals surface area contributed by atoms with E-state index in [0.717, 1.165) is 5.56 Å². The Labute approximate surface area is 158 Å². The number of hydrogen-bond acceptors (Lipinski definition) is 5. The van der Waals surface area contributed by atoms with E-state index >= 15 is 0 Å². The molecule has 2 fully saturated rings. The fourth-order valence-corrected chi connectivity index (χ4v) is 4.21. The number of hydrogen-bond donors (Lipinski definition) is 3. The fraction of sp³-hybridized carbons (Fsp3) is 0.600.